The van der Waals surface area contributed by atoms with Crippen LogP contribution >= 0.6 is 0 Å². The van der Waals surface area contributed by atoms with E-state index in [2.05, 4.69) is 52.2 Å². The topological polar surface area (TPSA) is 74.6 Å². The van der Waals surface area contributed by atoms with E-state index < -0.39 is 0 Å². The summed E-state index contributed by atoms with van der Waals surface area (Å²) in [5.41, 5.74) is 8.31. The van der Waals surface area contributed by atoms with Crippen molar-refractivity contribution in [1.29, 1.82) is 0 Å². The molecule has 0 fully saturated rings. The zero-order valence-electron chi connectivity index (χ0n) is 25.8. The standard InChI is InChI=1S/C35H42N6O2/c1-26-33(27(2)38(4)37-26)14-16-35(43)40-21-20-39(24-29-10-6-5-7-11-29)18-9-19-41(28(3)42)34-15-13-30(22-32(34)25-40)31-12-8-17-36-23-31/h5-8,10-13,15,17,22-23H,9,14,16,18-21,24-25H2,1-4H3. The van der Waals surface area contributed by atoms with Gasteiger partial charge in [0.05, 0.1) is 5.69 Å². The molecule has 1 aliphatic heterocycles. The molecular weight excluding hydrogens is 536 g/mol. The lowest BCUT2D eigenvalue weighted by Gasteiger charge is -2.28. The Bertz CT molecular complexity index is 1550. The molecule has 43 heavy (non-hydrogen) atoms. The molecule has 0 bridgehead atoms. The minimum Gasteiger partial charge on any atom is -0.337 e. The van der Waals surface area contributed by atoms with Crippen molar-refractivity contribution in [2.24, 2.45) is 7.05 Å². The van der Waals surface area contributed by atoms with Crippen molar-refractivity contribution in [2.75, 3.05) is 31.1 Å². The Morgan fingerprint density at radius 3 is 2.42 bits per heavy atom. The van der Waals surface area contributed by atoms with Crippen LogP contribution in [0.1, 0.15) is 47.8 Å². The minimum atomic E-state index is 0.00430. The van der Waals surface area contributed by atoms with Gasteiger partial charge in [0.15, 0.2) is 0 Å². The van der Waals surface area contributed by atoms with E-state index in [1.54, 1.807) is 13.1 Å². The summed E-state index contributed by atoms with van der Waals surface area (Å²) in [6, 6.07) is 20.6. The average molecular weight is 579 g/mol. The number of carbonyl (C=O) groups is 2. The molecule has 0 saturated carbocycles. The Morgan fingerprint density at radius 1 is 0.907 bits per heavy atom. The van der Waals surface area contributed by atoms with Crippen molar-refractivity contribution in [3.05, 3.63) is 101 Å². The van der Waals surface area contributed by atoms with E-state index in [9.17, 15) is 9.59 Å². The lowest BCUT2D eigenvalue weighted by Crippen LogP contribution is -2.38. The second kappa shape index (κ2) is 13.8. The molecule has 0 atom stereocenters. The van der Waals surface area contributed by atoms with Crippen LogP contribution < -0.4 is 4.90 Å². The predicted molar refractivity (Wildman–Crippen MR) is 170 cm³/mol. The van der Waals surface area contributed by atoms with Crippen molar-refractivity contribution < 1.29 is 9.59 Å². The normalized spacial score (nSPS) is 14.7. The fourth-order valence-electron chi connectivity index (χ4n) is 6.03. The number of rotatable bonds is 6. The van der Waals surface area contributed by atoms with Gasteiger partial charge in [-0.2, -0.15) is 5.10 Å². The molecule has 0 N–H and O–H groups in total. The van der Waals surface area contributed by atoms with Gasteiger partial charge in [-0.05, 0) is 72.7 Å². The molecule has 0 radical (unpaired) electrons. The summed E-state index contributed by atoms with van der Waals surface area (Å²) in [6.07, 6.45) is 5.50. The fraction of sp³-hybridized carbons (Fsp3) is 0.371. The summed E-state index contributed by atoms with van der Waals surface area (Å²) >= 11 is 0. The molecule has 4 aromatic rings. The summed E-state index contributed by atoms with van der Waals surface area (Å²) in [7, 11) is 1.94. The molecule has 0 aliphatic carbocycles. The Hall–Kier alpha value is -4.30. The third-order valence-corrected chi connectivity index (χ3v) is 8.50. The van der Waals surface area contributed by atoms with Crippen LogP contribution in [0.5, 0.6) is 0 Å². The SMILES string of the molecule is CC(=O)N1CCCN(Cc2ccccc2)CCN(C(=O)CCc2c(C)nn(C)c2C)Cc2cc(-c3cccnc3)ccc21. The van der Waals surface area contributed by atoms with E-state index in [-0.39, 0.29) is 11.8 Å². The van der Waals surface area contributed by atoms with Crippen molar-refractivity contribution >= 4 is 17.5 Å². The maximum absolute atomic E-state index is 14.0. The first-order valence-electron chi connectivity index (χ1n) is 15.1. The highest BCUT2D eigenvalue weighted by Gasteiger charge is 2.24. The largest absolute Gasteiger partial charge is 0.337 e. The number of amides is 2. The minimum absolute atomic E-state index is 0.00430. The molecular formula is C35H42N6O2. The number of hydrogen-bond donors (Lipinski definition) is 0. The first kappa shape index (κ1) is 30.2. The number of fused-ring (bicyclic) bond motifs is 1. The van der Waals surface area contributed by atoms with E-state index in [1.807, 2.05) is 65.0 Å². The zero-order chi connectivity index (χ0) is 30.3. The van der Waals surface area contributed by atoms with E-state index in [4.69, 9.17) is 0 Å². The van der Waals surface area contributed by atoms with E-state index in [0.29, 0.717) is 32.5 Å². The molecule has 0 unspecified atom stereocenters. The van der Waals surface area contributed by atoms with Crippen LogP contribution in [0, 0.1) is 13.8 Å². The lowest BCUT2D eigenvalue weighted by molar-refractivity contribution is -0.132. The molecule has 5 rings (SSSR count). The van der Waals surface area contributed by atoms with Gasteiger partial charge in [0.1, 0.15) is 0 Å². The molecule has 2 amide bonds. The third kappa shape index (κ3) is 7.38. The summed E-state index contributed by atoms with van der Waals surface area (Å²) < 4.78 is 1.89. The second-order valence-corrected chi connectivity index (χ2v) is 11.5. The summed E-state index contributed by atoms with van der Waals surface area (Å²) in [6.45, 7) is 9.73. The van der Waals surface area contributed by atoms with Gasteiger partial charge in [-0.15, -0.1) is 0 Å². The number of hydrogen-bond acceptors (Lipinski definition) is 5. The van der Waals surface area contributed by atoms with Crippen molar-refractivity contribution in [3.8, 4) is 11.1 Å². The van der Waals surface area contributed by atoms with Gasteiger partial charge >= 0.3 is 0 Å². The van der Waals surface area contributed by atoms with E-state index >= 15 is 0 Å². The Balaban J connectivity index is 1.48. The summed E-state index contributed by atoms with van der Waals surface area (Å²) in [4.78, 5) is 37.5. The van der Waals surface area contributed by atoms with Gasteiger partial charge < -0.3 is 9.80 Å². The first-order valence-corrected chi connectivity index (χ1v) is 15.1. The lowest BCUT2D eigenvalue weighted by atomic mass is 10.0. The number of pyridine rings is 1. The molecule has 0 spiro atoms. The molecule has 0 saturated heterocycles. The maximum Gasteiger partial charge on any atom is 0.223 e. The van der Waals surface area contributed by atoms with Gasteiger partial charge in [-0.3, -0.25) is 24.2 Å². The highest BCUT2D eigenvalue weighted by atomic mass is 16.2. The van der Waals surface area contributed by atoms with Crippen LogP contribution in [0.15, 0.2) is 73.1 Å². The predicted octanol–water partition coefficient (Wildman–Crippen LogP) is 5.32. The van der Waals surface area contributed by atoms with Crippen LogP contribution in [0.4, 0.5) is 5.69 Å². The number of anilines is 1. The van der Waals surface area contributed by atoms with Crippen molar-refractivity contribution in [1.82, 2.24) is 24.6 Å². The van der Waals surface area contributed by atoms with Crippen LogP contribution in [0.2, 0.25) is 0 Å². The van der Waals surface area contributed by atoms with Crippen LogP contribution in [-0.2, 0) is 36.1 Å². The quantitative estimate of drug-likeness (QED) is 0.310. The zero-order valence-corrected chi connectivity index (χ0v) is 25.8. The second-order valence-electron chi connectivity index (χ2n) is 11.5. The molecule has 2 aromatic carbocycles. The first-order chi connectivity index (χ1) is 20.8. The van der Waals surface area contributed by atoms with Crippen molar-refractivity contribution in [2.45, 2.75) is 53.1 Å². The highest BCUT2D eigenvalue weighted by Crippen LogP contribution is 2.30. The number of nitrogens with zero attached hydrogens (tertiary/aromatic N) is 6. The van der Waals surface area contributed by atoms with Crippen LogP contribution in [0.3, 0.4) is 0 Å². The molecule has 3 heterocycles. The number of aromatic nitrogens is 3. The molecule has 1 aliphatic rings. The summed E-state index contributed by atoms with van der Waals surface area (Å²) in [5.74, 6) is 0.110. The maximum atomic E-state index is 14.0. The van der Waals surface area contributed by atoms with Gasteiger partial charge in [0.25, 0.3) is 0 Å². The Morgan fingerprint density at radius 2 is 1.72 bits per heavy atom. The van der Waals surface area contributed by atoms with Gasteiger partial charge in [-0.1, -0.05) is 42.5 Å². The third-order valence-electron chi connectivity index (χ3n) is 8.50. The van der Waals surface area contributed by atoms with Gasteiger partial charge in [-0.25, -0.2) is 0 Å². The highest BCUT2D eigenvalue weighted by molar-refractivity contribution is 5.93. The van der Waals surface area contributed by atoms with E-state index in [0.717, 1.165) is 65.4 Å². The number of benzene rings is 2. The molecule has 8 heteroatoms. The van der Waals surface area contributed by atoms with Crippen LogP contribution in [0.25, 0.3) is 11.1 Å². The van der Waals surface area contributed by atoms with Crippen LogP contribution in [-0.4, -0.2) is 62.6 Å². The molecule has 224 valence electrons. The van der Waals surface area contributed by atoms with E-state index in [1.165, 1.54) is 5.56 Å². The van der Waals surface area contributed by atoms with Crippen molar-refractivity contribution in [3.63, 3.8) is 0 Å². The molecule has 2 aromatic heterocycles. The smallest absolute Gasteiger partial charge is 0.223 e. The van der Waals surface area contributed by atoms with Gasteiger partial charge in [0, 0.05) is 83.4 Å². The Kier molecular flexibility index (Phi) is 9.67. The fourth-order valence-corrected chi connectivity index (χ4v) is 6.03. The monoisotopic (exact) mass is 578 g/mol. The number of aryl methyl sites for hydroxylation is 2. The molecule has 8 nitrogen and oxygen atoms in total. The van der Waals surface area contributed by atoms with Gasteiger partial charge in [0.2, 0.25) is 11.8 Å². The number of carbonyl (C=O) groups excluding carboxylic acids is 2. The Labute approximate surface area is 255 Å². The summed E-state index contributed by atoms with van der Waals surface area (Å²) in [5, 5.41) is 4.55. The average Bonchev–Trinajstić information content (AvgIpc) is 3.24.